The number of aromatic nitrogens is 4. The highest BCUT2D eigenvalue weighted by Crippen LogP contribution is 2.28. The van der Waals surface area contributed by atoms with Gasteiger partial charge < -0.3 is 10.7 Å². The van der Waals surface area contributed by atoms with Crippen LogP contribution in [0.15, 0.2) is 58.3 Å². The molecule has 3 N–H and O–H groups in total. The predicted molar refractivity (Wildman–Crippen MR) is 117 cm³/mol. The van der Waals surface area contributed by atoms with E-state index in [1.807, 2.05) is 30.3 Å². The summed E-state index contributed by atoms with van der Waals surface area (Å²) in [6, 6.07) is 9.32. The number of imidazole rings is 1. The van der Waals surface area contributed by atoms with E-state index in [9.17, 15) is 8.42 Å². The monoisotopic (exact) mass is 438 g/mol. The van der Waals surface area contributed by atoms with E-state index < -0.39 is 10.0 Å². The van der Waals surface area contributed by atoms with E-state index in [4.69, 9.17) is 5.73 Å². The maximum Gasteiger partial charge on any atom is 0.244 e. The second-order valence-electron chi connectivity index (χ2n) is 6.89. The van der Waals surface area contributed by atoms with Gasteiger partial charge in [0.1, 0.15) is 5.69 Å². The first kappa shape index (κ1) is 18.9. The van der Waals surface area contributed by atoms with Gasteiger partial charge in [0.25, 0.3) is 0 Å². The molecule has 4 heterocycles. The van der Waals surface area contributed by atoms with Crippen molar-refractivity contribution in [3.8, 4) is 11.5 Å². The highest BCUT2D eigenvalue weighted by atomic mass is 32.2. The fourth-order valence-electron chi connectivity index (χ4n) is 3.44. The Morgan fingerprint density at radius 3 is 2.77 bits per heavy atom. The Bertz CT molecular complexity index is 1330. The average molecular weight is 439 g/mol. The van der Waals surface area contributed by atoms with Crippen LogP contribution < -0.4 is 5.73 Å². The number of rotatable bonds is 4. The predicted octanol–water partition coefficient (Wildman–Crippen LogP) is 3.14. The molecule has 30 heavy (non-hydrogen) atoms. The molecule has 0 saturated carbocycles. The first-order chi connectivity index (χ1) is 14.5. The number of aromatic amines is 1. The first-order valence-electron chi connectivity index (χ1n) is 9.32. The molecule has 1 aliphatic rings. The number of para-hydroxylation sites is 2. The minimum absolute atomic E-state index is 0.288. The molecule has 0 radical (unpaired) electrons. The largest absolute Gasteiger partial charge is 0.382 e. The molecule has 3 aromatic heterocycles. The normalized spacial score (nSPS) is 15.4. The number of nitrogens with one attached hydrogen (secondary N) is 1. The molecule has 0 bridgehead atoms. The first-order valence-corrected chi connectivity index (χ1v) is 11.7. The minimum Gasteiger partial charge on any atom is -0.382 e. The van der Waals surface area contributed by atoms with E-state index >= 15 is 0 Å². The van der Waals surface area contributed by atoms with E-state index in [0.29, 0.717) is 41.6 Å². The van der Waals surface area contributed by atoms with Gasteiger partial charge in [-0.2, -0.15) is 15.6 Å². The van der Waals surface area contributed by atoms with E-state index in [1.165, 1.54) is 15.6 Å². The second kappa shape index (κ2) is 7.31. The van der Waals surface area contributed by atoms with Crippen LogP contribution in [0.3, 0.4) is 0 Å². The minimum atomic E-state index is -3.47. The summed E-state index contributed by atoms with van der Waals surface area (Å²) in [5.74, 6) is 0.844. The van der Waals surface area contributed by atoms with E-state index in [1.54, 1.807) is 23.0 Å². The van der Waals surface area contributed by atoms with Crippen LogP contribution in [0.4, 0.5) is 5.82 Å². The molecule has 5 rings (SSSR count). The molecule has 0 amide bonds. The van der Waals surface area contributed by atoms with Crippen molar-refractivity contribution in [1.82, 2.24) is 24.2 Å². The Balaban J connectivity index is 1.44. The van der Waals surface area contributed by atoms with Crippen LogP contribution in [0.2, 0.25) is 0 Å². The molecule has 1 aliphatic heterocycles. The topological polar surface area (TPSA) is 118 Å². The molecule has 8 nitrogen and oxygen atoms in total. The molecule has 10 heteroatoms. The number of sulfonamides is 1. The van der Waals surface area contributed by atoms with Crippen LogP contribution in [0.1, 0.15) is 12.1 Å². The quantitative estimate of drug-likeness (QED) is 0.505. The fraction of sp³-hybridized carbons (Fsp3) is 0.150. The number of hydrogen-bond acceptors (Lipinski definition) is 7. The van der Waals surface area contributed by atoms with Gasteiger partial charge in [0.05, 0.1) is 27.8 Å². The van der Waals surface area contributed by atoms with Crippen molar-refractivity contribution >= 4 is 43.8 Å². The summed E-state index contributed by atoms with van der Waals surface area (Å²) in [5.41, 5.74) is 9.88. The molecule has 1 aromatic carbocycles. The number of nitrogens with two attached hydrogens (primary N) is 1. The zero-order valence-corrected chi connectivity index (χ0v) is 17.4. The van der Waals surface area contributed by atoms with Crippen LogP contribution in [0, 0.1) is 0 Å². The number of thiophene rings is 1. The van der Waals surface area contributed by atoms with Crippen LogP contribution in [0.5, 0.6) is 0 Å². The summed E-state index contributed by atoms with van der Waals surface area (Å²) in [7, 11) is -3.47. The van der Waals surface area contributed by atoms with Gasteiger partial charge in [-0.25, -0.2) is 23.4 Å². The average Bonchev–Trinajstić information content (AvgIpc) is 3.44. The van der Waals surface area contributed by atoms with E-state index in [-0.39, 0.29) is 5.82 Å². The van der Waals surface area contributed by atoms with Crippen molar-refractivity contribution in [2.24, 2.45) is 0 Å². The van der Waals surface area contributed by atoms with Crippen molar-refractivity contribution in [1.29, 1.82) is 0 Å². The third-order valence-electron chi connectivity index (χ3n) is 5.05. The molecular formula is C20H18N6O2S2. The number of H-pyrrole nitrogens is 1. The molecule has 4 aromatic rings. The summed E-state index contributed by atoms with van der Waals surface area (Å²) < 4.78 is 26.9. The Morgan fingerprint density at radius 2 is 2.03 bits per heavy atom. The van der Waals surface area contributed by atoms with Gasteiger partial charge in [-0.15, -0.1) is 0 Å². The molecule has 0 aliphatic carbocycles. The summed E-state index contributed by atoms with van der Waals surface area (Å²) in [6.07, 6.45) is 4.05. The van der Waals surface area contributed by atoms with Crippen molar-refractivity contribution in [2.45, 2.75) is 11.3 Å². The molecule has 0 saturated heterocycles. The number of hydrogen-bond donors (Lipinski definition) is 2. The van der Waals surface area contributed by atoms with Gasteiger partial charge in [0.2, 0.25) is 10.0 Å². The Kier molecular flexibility index (Phi) is 4.61. The molecular weight excluding hydrogens is 420 g/mol. The van der Waals surface area contributed by atoms with Crippen LogP contribution in [-0.2, 0) is 10.0 Å². The SMILES string of the molecule is Nc1ncc(C2=CCN(S(=O)(=O)c3ccsc3)CC2)nc1-c1nc2ccccc2[nH]1. The Morgan fingerprint density at radius 1 is 1.17 bits per heavy atom. The fourth-order valence-corrected chi connectivity index (χ4v) is 5.84. The lowest BCUT2D eigenvalue weighted by molar-refractivity contribution is 0.441. The van der Waals surface area contributed by atoms with Gasteiger partial charge in [0, 0.05) is 18.5 Å². The van der Waals surface area contributed by atoms with Gasteiger partial charge in [-0.05, 0) is 35.6 Å². The van der Waals surface area contributed by atoms with Gasteiger partial charge in [-0.3, -0.25) is 0 Å². The molecule has 0 spiro atoms. The lowest BCUT2D eigenvalue weighted by Gasteiger charge is -2.25. The van der Waals surface area contributed by atoms with Gasteiger partial charge in [0.15, 0.2) is 11.6 Å². The van der Waals surface area contributed by atoms with Gasteiger partial charge >= 0.3 is 0 Å². The number of nitrogen functional groups attached to an aromatic ring is 1. The highest BCUT2D eigenvalue weighted by Gasteiger charge is 2.27. The van der Waals surface area contributed by atoms with E-state index in [2.05, 4.69) is 19.9 Å². The van der Waals surface area contributed by atoms with Crippen molar-refractivity contribution in [3.63, 3.8) is 0 Å². The van der Waals surface area contributed by atoms with Crippen LogP contribution in [0.25, 0.3) is 28.1 Å². The zero-order chi connectivity index (χ0) is 20.7. The number of fused-ring (bicyclic) bond motifs is 1. The summed E-state index contributed by atoms with van der Waals surface area (Å²) in [6.45, 7) is 0.676. The lowest BCUT2D eigenvalue weighted by Crippen LogP contribution is -2.34. The molecule has 0 fully saturated rings. The summed E-state index contributed by atoms with van der Waals surface area (Å²) in [4.78, 5) is 17.1. The summed E-state index contributed by atoms with van der Waals surface area (Å²) in [5, 5.41) is 3.42. The number of nitrogens with zero attached hydrogens (tertiary/aromatic N) is 4. The van der Waals surface area contributed by atoms with Crippen LogP contribution in [-0.4, -0.2) is 45.7 Å². The maximum atomic E-state index is 12.7. The third-order valence-corrected chi connectivity index (χ3v) is 7.74. The van der Waals surface area contributed by atoms with E-state index in [0.717, 1.165) is 16.6 Å². The molecule has 0 unspecified atom stereocenters. The maximum absolute atomic E-state index is 12.7. The van der Waals surface area contributed by atoms with Crippen molar-refractivity contribution in [2.75, 3.05) is 18.8 Å². The zero-order valence-electron chi connectivity index (χ0n) is 15.8. The Labute approximate surface area is 177 Å². The van der Waals surface area contributed by atoms with Crippen molar-refractivity contribution < 1.29 is 8.42 Å². The Hall–Kier alpha value is -3.08. The number of benzene rings is 1. The second-order valence-corrected chi connectivity index (χ2v) is 9.61. The highest BCUT2D eigenvalue weighted by molar-refractivity contribution is 7.89. The standard InChI is InChI=1S/C20H18N6O2S2/c21-19-18(20-24-15-3-1-2-4-16(15)25-20)23-17(11-22-19)13-5-8-26(9-6-13)30(27,28)14-7-10-29-12-14/h1-5,7,10-12H,6,8-9H2,(H2,21,22)(H,24,25). The molecule has 0 atom stereocenters. The number of anilines is 1. The molecule has 152 valence electrons. The smallest absolute Gasteiger partial charge is 0.244 e. The third kappa shape index (κ3) is 3.28. The summed E-state index contributed by atoms with van der Waals surface area (Å²) >= 11 is 1.37. The van der Waals surface area contributed by atoms with Crippen molar-refractivity contribution in [3.05, 3.63) is 59.1 Å². The lowest BCUT2D eigenvalue weighted by atomic mass is 10.1. The van der Waals surface area contributed by atoms with Crippen LogP contribution >= 0.6 is 11.3 Å². The van der Waals surface area contributed by atoms with Gasteiger partial charge in [-0.1, -0.05) is 18.2 Å².